The standard InChI is InChI=1S/C72H140O17P2/c1-9-63(6)49-41-33-24-20-16-14-12-13-15-17-22-26-38-46-54-71(76)88-67(58-82-69(74)52-44-36-30-28-32-40-48-62(4)5)60-86-90(78,79)84-56-66(73)57-85-91(80,81)87-61-68(59-83-70(75)53-45-37-31-29-35-43-51-65(8)11-3)89-72(77)55-47-39-27-23-19-18-21-25-34-42-50-64(7)10-2/h62-68,73H,9-61H2,1-8H3,(H,78,79)(H,80,81)/t63?,64?,65?,66-,67-,68-/m1/s1. The van der Waals surface area contributed by atoms with Crippen molar-refractivity contribution in [1.82, 2.24) is 0 Å². The number of carbonyl (C=O) groups is 4. The topological polar surface area (TPSA) is 237 Å². The first kappa shape index (κ1) is 89.1. The Labute approximate surface area is 556 Å². The van der Waals surface area contributed by atoms with Gasteiger partial charge in [0.15, 0.2) is 12.2 Å². The Morgan fingerprint density at radius 1 is 0.308 bits per heavy atom. The number of carbonyl (C=O) groups excluding carboxylic acids is 4. The van der Waals surface area contributed by atoms with E-state index >= 15 is 0 Å². The van der Waals surface area contributed by atoms with E-state index < -0.39 is 97.5 Å². The van der Waals surface area contributed by atoms with Crippen LogP contribution in [0.15, 0.2) is 0 Å². The molecule has 8 atom stereocenters. The van der Waals surface area contributed by atoms with Crippen molar-refractivity contribution in [3.8, 4) is 0 Å². The first-order valence-electron chi connectivity index (χ1n) is 37.3. The molecule has 17 nitrogen and oxygen atoms in total. The van der Waals surface area contributed by atoms with Crippen molar-refractivity contribution in [3.05, 3.63) is 0 Å². The Morgan fingerprint density at radius 2 is 0.527 bits per heavy atom. The van der Waals surface area contributed by atoms with E-state index in [1.807, 2.05) is 0 Å². The highest BCUT2D eigenvalue weighted by Crippen LogP contribution is 2.45. The molecule has 0 aromatic heterocycles. The third kappa shape index (κ3) is 62.6. The van der Waals surface area contributed by atoms with Crippen LogP contribution in [0.2, 0.25) is 0 Å². The van der Waals surface area contributed by atoms with E-state index in [1.54, 1.807) is 0 Å². The van der Waals surface area contributed by atoms with Crippen LogP contribution in [0.5, 0.6) is 0 Å². The average molecular weight is 1340 g/mol. The third-order valence-electron chi connectivity index (χ3n) is 17.7. The monoisotopic (exact) mass is 1340 g/mol. The van der Waals surface area contributed by atoms with Gasteiger partial charge in [0.25, 0.3) is 0 Å². The van der Waals surface area contributed by atoms with E-state index in [1.165, 1.54) is 148 Å². The van der Waals surface area contributed by atoms with Crippen LogP contribution in [0, 0.1) is 23.7 Å². The number of phosphoric ester groups is 2. The zero-order valence-corrected chi connectivity index (χ0v) is 61.3. The van der Waals surface area contributed by atoms with Crippen molar-refractivity contribution in [1.29, 1.82) is 0 Å². The molecule has 5 unspecified atom stereocenters. The minimum atomic E-state index is -4.95. The fourth-order valence-electron chi connectivity index (χ4n) is 10.7. The van der Waals surface area contributed by atoms with Gasteiger partial charge in [-0.2, -0.15) is 0 Å². The number of hydrogen-bond acceptors (Lipinski definition) is 15. The van der Waals surface area contributed by atoms with Crippen LogP contribution >= 0.6 is 15.6 Å². The van der Waals surface area contributed by atoms with Crippen molar-refractivity contribution in [2.75, 3.05) is 39.6 Å². The molecule has 0 heterocycles. The summed E-state index contributed by atoms with van der Waals surface area (Å²) in [5.74, 6) is 0.929. The van der Waals surface area contributed by atoms with Gasteiger partial charge in [-0.1, -0.05) is 306 Å². The maximum absolute atomic E-state index is 13.0. The van der Waals surface area contributed by atoms with Crippen molar-refractivity contribution < 1.29 is 80.2 Å². The zero-order valence-electron chi connectivity index (χ0n) is 59.5. The summed E-state index contributed by atoms with van der Waals surface area (Å²) >= 11 is 0. The van der Waals surface area contributed by atoms with Crippen LogP contribution in [0.4, 0.5) is 0 Å². The van der Waals surface area contributed by atoms with Gasteiger partial charge in [0.2, 0.25) is 0 Å². The average Bonchev–Trinajstić information content (AvgIpc) is 3.71. The zero-order chi connectivity index (χ0) is 67.5. The summed E-state index contributed by atoms with van der Waals surface area (Å²) in [5, 5.41) is 10.6. The molecule has 0 aliphatic rings. The highest BCUT2D eigenvalue weighted by atomic mass is 31.2. The Kier molecular flexibility index (Phi) is 60.3. The number of esters is 4. The molecule has 0 aromatic carbocycles. The molecular formula is C72H140O17P2. The molecule has 0 radical (unpaired) electrons. The Morgan fingerprint density at radius 3 is 0.780 bits per heavy atom. The van der Waals surface area contributed by atoms with Crippen molar-refractivity contribution in [3.63, 3.8) is 0 Å². The lowest BCUT2D eigenvalue weighted by Crippen LogP contribution is -2.30. The van der Waals surface area contributed by atoms with Gasteiger partial charge in [0.1, 0.15) is 19.3 Å². The van der Waals surface area contributed by atoms with Crippen LogP contribution in [0.3, 0.4) is 0 Å². The highest BCUT2D eigenvalue weighted by Gasteiger charge is 2.30. The molecule has 0 aliphatic carbocycles. The maximum Gasteiger partial charge on any atom is 0.472 e. The predicted molar refractivity (Wildman–Crippen MR) is 367 cm³/mol. The van der Waals surface area contributed by atoms with Crippen molar-refractivity contribution in [2.24, 2.45) is 23.7 Å². The molecule has 91 heavy (non-hydrogen) atoms. The molecular weight excluding hydrogens is 1200 g/mol. The number of rotatable bonds is 69. The van der Waals surface area contributed by atoms with Gasteiger partial charge in [-0.05, 0) is 49.4 Å². The van der Waals surface area contributed by atoms with Gasteiger partial charge in [0, 0.05) is 25.7 Å². The highest BCUT2D eigenvalue weighted by molar-refractivity contribution is 7.47. The van der Waals surface area contributed by atoms with E-state index in [0.29, 0.717) is 31.6 Å². The number of aliphatic hydroxyl groups is 1. The third-order valence-corrected chi connectivity index (χ3v) is 19.6. The molecule has 0 bridgehead atoms. The van der Waals surface area contributed by atoms with Gasteiger partial charge >= 0.3 is 39.5 Å². The second-order valence-electron chi connectivity index (χ2n) is 27.2. The molecule has 0 saturated carbocycles. The first-order chi connectivity index (χ1) is 43.7. The molecule has 0 amide bonds. The van der Waals surface area contributed by atoms with E-state index in [4.69, 9.17) is 37.0 Å². The molecule has 0 aromatic rings. The second kappa shape index (κ2) is 61.6. The Balaban J connectivity index is 5.22. The molecule has 3 N–H and O–H groups in total. The predicted octanol–water partition coefficient (Wildman–Crippen LogP) is 20.5. The SMILES string of the molecule is CCC(C)CCCCCCCCCCCCCCCCC(=O)O[C@H](COC(=O)CCCCCCCCC(C)C)COP(=O)(O)OC[C@@H](O)COP(=O)(O)OC[C@@H](COC(=O)CCCCCCCCC(C)CC)OC(=O)CCCCCCCCCCCCC(C)CC. The lowest BCUT2D eigenvalue weighted by molar-refractivity contribution is -0.161. The Bertz CT molecular complexity index is 1800. The van der Waals surface area contributed by atoms with Gasteiger partial charge < -0.3 is 33.8 Å². The molecule has 19 heteroatoms. The van der Waals surface area contributed by atoms with Crippen LogP contribution in [-0.4, -0.2) is 96.7 Å². The molecule has 0 spiro atoms. The smallest absolute Gasteiger partial charge is 0.462 e. The number of phosphoric acid groups is 2. The minimum absolute atomic E-state index is 0.105. The fourth-order valence-corrected chi connectivity index (χ4v) is 12.3. The van der Waals surface area contributed by atoms with Gasteiger partial charge in [-0.3, -0.25) is 37.3 Å². The van der Waals surface area contributed by atoms with Crippen LogP contribution in [-0.2, 0) is 65.4 Å². The number of hydrogen-bond donors (Lipinski definition) is 3. The summed E-state index contributed by atoms with van der Waals surface area (Å²) in [6.07, 6.45) is 44.5. The number of ether oxygens (including phenoxy) is 4. The van der Waals surface area contributed by atoms with E-state index in [-0.39, 0.29) is 25.7 Å². The summed E-state index contributed by atoms with van der Waals surface area (Å²) < 4.78 is 68.3. The van der Waals surface area contributed by atoms with Gasteiger partial charge in [0.05, 0.1) is 26.4 Å². The van der Waals surface area contributed by atoms with Gasteiger partial charge in [-0.25, -0.2) is 9.13 Å². The second-order valence-corrected chi connectivity index (χ2v) is 30.1. The largest absolute Gasteiger partial charge is 0.472 e. The summed E-state index contributed by atoms with van der Waals surface area (Å²) in [6, 6.07) is 0. The molecule has 540 valence electrons. The van der Waals surface area contributed by atoms with E-state index in [0.717, 1.165) is 120 Å². The molecule has 0 saturated heterocycles. The number of unbranched alkanes of at least 4 members (excludes halogenated alkanes) is 32. The summed E-state index contributed by atoms with van der Waals surface area (Å²) in [4.78, 5) is 72.6. The van der Waals surface area contributed by atoms with Crippen LogP contribution in [0.25, 0.3) is 0 Å². The minimum Gasteiger partial charge on any atom is -0.462 e. The summed E-state index contributed by atoms with van der Waals surface area (Å²) in [7, 11) is -9.91. The van der Waals surface area contributed by atoms with Crippen molar-refractivity contribution in [2.45, 2.75) is 375 Å². The van der Waals surface area contributed by atoms with Gasteiger partial charge in [-0.15, -0.1) is 0 Å². The fraction of sp³-hybridized carbons (Fsp3) is 0.944. The molecule has 0 aliphatic heterocycles. The van der Waals surface area contributed by atoms with E-state index in [9.17, 15) is 43.2 Å². The quantitative estimate of drug-likeness (QED) is 0.0222. The first-order valence-corrected chi connectivity index (χ1v) is 40.3. The lowest BCUT2D eigenvalue weighted by atomic mass is 9.99. The Hall–Kier alpha value is -1.94. The molecule has 0 fully saturated rings. The van der Waals surface area contributed by atoms with Crippen LogP contribution < -0.4 is 0 Å². The molecule has 0 rings (SSSR count). The summed E-state index contributed by atoms with van der Waals surface area (Å²) in [5.41, 5.74) is 0. The normalized spacial score (nSPS) is 15.1. The van der Waals surface area contributed by atoms with Crippen molar-refractivity contribution >= 4 is 39.5 Å². The number of aliphatic hydroxyl groups excluding tert-OH is 1. The van der Waals surface area contributed by atoms with Crippen LogP contribution in [0.1, 0.15) is 357 Å². The van der Waals surface area contributed by atoms with E-state index in [2.05, 4.69) is 55.4 Å². The summed E-state index contributed by atoms with van der Waals surface area (Å²) in [6.45, 7) is 14.1. The maximum atomic E-state index is 13.0. The lowest BCUT2D eigenvalue weighted by Gasteiger charge is -2.21.